The maximum absolute atomic E-state index is 12.3. The molecule has 7 heteroatoms. The Kier molecular flexibility index (Phi) is 4.50. The number of anilines is 1. The highest BCUT2D eigenvalue weighted by Crippen LogP contribution is 2.32. The molecule has 1 unspecified atom stereocenters. The Morgan fingerprint density at radius 2 is 1.94 bits per heavy atom. The van der Waals surface area contributed by atoms with E-state index in [1.54, 1.807) is 0 Å². The van der Waals surface area contributed by atoms with Crippen LogP contribution in [-0.4, -0.2) is 16.6 Å². The monoisotopic (exact) mass is 269 g/mol. The molecule has 1 aromatic rings. The number of nitrogens with two attached hydrogens (primary N) is 1. The van der Waals surface area contributed by atoms with Gasteiger partial charge in [-0.25, -0.2) is 0 Å². The molecule has 0 aromatic heterocycles. The first-order valence-corrected chi connectivity index (χ1v) is 6.09. The molecule has 1 rings (SSSR count). The van der Waals surface area contributed by atoms with Gasteiger partial charge in [-0.15, -0.1) is 0 Å². The number of alkyl halides is 4. The molecule has 0 saturated carbocycles. The standard InChI is InChI=1S/C10H11F4NOS/c11-4-1-5-17(16)9-3-2-7(6-8(9)15)10(12,13)14/h2-3,6H,1,4-5,15H2. The third kappa shape index (κ3) is 3.69. The minimum absolute atomic E-state index is 0.0477. The van der Waals surface area contributed by atoms with E-state index in [2.05, 4.69) is 0 Å². The van der Waals surface area contributed by atoms with Gasteiger partial charge in [0.25, 0.3) is 0 Å². The molecule has 0 aliphatic rings. The van der Waals surface area contributed by atoms with Gasteiger partial charge in [0.2, 0.25) is 0 Å². The maximum Gasteiger partial charge on any atom is 0.416 e. The third-order valence-electron chi connectivity index (χ3n) is 2.05. The van der Waals surface area contributed by atoms with Crippen molar-refractivity contribution in [3.05, 3.63) is 23.8 Å². The van der Waals surface area contributed by atoms with Gasteiger partial charge in [-0.1, -0.05) is 0 Å². The molecule has 0 aliphatic heterocycles. The Hall–Kier alpha value is -1.11. The zero-order valence-corrected chi connectivity index (χ0v) is 9.58. The molecule has 1 atom stereocenters. The van der Waals surface area contributed by atoms with Crippen molar-refractivity contribution in [3.63, 3.8) is 0 Å². The van der Waals surface area contributed by atoms with Gasteiger partial charge >= 0.3 is 6.18 Å². The van der Waals surface area contributed by atoms with Crippen LogP contribution in [0.15, 0.2) is 23.1 Å². The average Bonchev–Trinajstić information content (AvgIpc) is 2.24. The minimum atomic E-state index is -4.48. The molecule has 0 radical (unpaired) electrons. The fraction of sp³-hybridized carbons (Fsp3) is 0.400. The third-order valence-corrected chi connectivity index (χ3v) is 3.57. The Bertz CT molecular complexity index is 419. The first-order valence-electron chi connectivity index (χ1n) is 4.77. The van der Waals surface area contributed by atoms with Crippen molar-refractivity contribution in [1.82, 2.24) is 0 Å². The topological polar surface area (TPSA) is 43.1 Å². The molecule has 0 fully saturated rings. The van der Waals surface area contributed by atoms with Crippen LogP contribution in [0.25, 0.3) is 0 Å². The van der Waals surface area contributed by atoms with Gasteiger partial charge in [0, 0.05) is 11.4 Å². The van der Waals surface area contributed by atoms with E-state index in [4.69, 9.17) is 5.73 Å². The summed E-state index contributed by atoms with van der Waals surface area (Å²) in [5.74, 6) is 0.0477. The molecule has 1 aromatic carbocycles. The van der Waals surface area contributed by atoms with Crippen LogP contribution in [0, 0.1) is 0 Å². The van der Waals surface area contributed by atoms with Crippen LogP contribution < -0.4 is 5.73 Å². The molecule has 0 saturated heterocycles. The maximum atomic E-state index is 12.3. The van der Waals surface area contributed by atoms with Crippen molar-refractivity contribution >= 4 is 16.5 Å². The van der Waals surface area contributed by atoms with E-state index in [1.807, 2.05) is 0 Å². The lowest BCUT2D eigenvalue weighted by Crippen LogP contribution is -2.08. The van der Waals surface area contributed by atoms with Crippen LogP contribution in [0.4, 0.5) is 23.2 Å². The predicted molar refractivity (Wildman–Crippen MR) is 57.7 cm³/mol. The smallest absolute Gasteiger partial charge is 0.398 e. The number of nitrogen functional groups attached to an aromatic ring is 1. The zero-order valence-electron chi connectivity index (χ0n) is 8.76. The Morgan fingerprint density at radius 1 is 1.29 bits per heavy atom. The predicted octanol–water partition coefficient (Wildman–Crippen LogP) is 2.75. The zero-order chi connectivity index (χ0) is 13.1. The molecule has 2 nitrogen and oxygen atoms in total. The summed E-state index contributed by atoms with van der Waals surface area (Å²) in [6.45, 7) is -0.619. The highest BCUT2D eigenvalue weighted by Gasteiger charge is 2.31. The van der Waals surface area contributed by atoms with Crippen LogP contribution in [0.2, 0.25) is 0 Å². The lowest BCUT2D eigenvalue weighted by Gasteiger charge is -2.10. The lowest BCUT2D eigenvalue weighted by atomic mass is 10.2. The quantitative estimate of drug-likeness (QED) is 0.674. The van der Waals surface area contributed by atoms with E-state index in [1.165, 1.54) is 0 Å². The van der Waals surface area contributed by atoms with Crippen LogP contribution in [0.3, 0.4) is 0 Å². The van der Waals surface area contributed by atoms with E-state index in [9.17, 15) is 21.8 Å². The fourth-order valence-electron chi connectivity index (χ4n) is 1.23. The molecule has 0 amide bonds. The lowest BCUT2D eigenvalue weighted by molar-refractivity contribution is -0.137. The first-order chi connectivity index (χ1) is 7.86. The molecule has 0 heterocycles. The molecule has 96 valence electrons. The number of hydrogen-bond acceptors (Lipinski definition) is 2. The molecule has 0 aliphatic carbocycles. The van der Waals surface area contributed by atoms with Crippen molar-refractivity contribution in [2.45, 2.75) is 17.5 Å². The van der Waals surface area contributed by atoms with Gasteiger partial charge in [0.1, 0.15) is 0 Å². The average molecular weight is 269 g/mol. The molecule has 17 heavy (non-hydrogen) atoms. The van der Waals surface area contributed by atoms with Crippen LogP contribution >= 0.6 is 0 Å². The summed E-state index contributed by atoms with van der Waals surface area (Å²) in [7, 11) is -1.56. The summed E-state index contributed by atoms with van der Waals surface area (Å²) in [6.07, 6.45) is -4.39. The van der Waals surface area contributed by atoms with Crippen LogP contribution in [0.1, 0.15) is 12.0 Å². The second kappa shape index (κ2) is 5.48. The van der Waals surface area contributed by atoms with E-state index in [0.29, 0.717) is 0 Å². The number of rotatable bonds is 4. The second-order valence-corrected chi connectivity index (χ2v) is 4.88. The highest BCUT2D eigenvalue weighted by atomic mass is 32.2. The van der Waals surface area contributed by atoms with Gasteiger partial charge in [0.15, 0.2) is 0 Å². The SMILES string of the molecule is Nc1cc(C(F)(F)F)ccc1S(=O)CCCF. The van der Waals surface area contributed by atoms with E-state index in [-0.39, 0.29) is 22.8 Å². The number of halogens is 4. The largest absolute Gasteiger partial charge is 0.416 e. The summed E-state index contributed by atoms with van der Waals surface area (Å²) in [5.41, 5.74) is 4.33. The van der Waals surface area contributed by atoms with Crippen molar-refractivity contribution in [2.75, 3.05) is 18.2 Å². The minimum Gasteiger partial charge on any atom is -0.398 e. The second-order valence-electron chi connectivity index (χ2n) is 3.34. The van der Waals surface area contributed by atoms with Crippen molar-refractivity contribution < 1.29 is 21.8 Å². The Labute approximate surface area is 98.3 Å². The number of hydrogen-bond donors (Lipinski definition) is 1. The van der Waals surface area contributed by atoms with E-state index in [0.717, 1.165) is 18.2 Å². The number of benzene rings is 1. The summed E-state index contributed by atoms with van der Waals surface area (Å²) < 4.78 is 60.4. The van der Waals surface area contributed by atoms with E-state index < -0.39 is 29.2 Å². The summed E-state index contributed by atoms with van der Waals surface area (Å²) in [4.78, 5) is 0.117. The molecule has 0 spiro atoms. The summed E-state index contributed by atoms with van der Waals surface area (Å²) >= 11 is 0. The van der Waals surface area contributed by atoms with Crippen LogP contribution in [0.5, 0.6) is 0 Å². The summed E-state index contributed by atoms with van der Waals surface area (Å²) in [5, 5.41) is 0. The van der Waals surface area contributed by atoms with Crippen LogP contribution in [-0.2, 0) is 17.0 Å². The Morgan fingerprint density at radius 3 is 2.41 bits per heavy atom. The van der Waals surface area contributed by atoms with Gasteiger partial charge in [-0.05, 0) is 24.6 Å². The van der Waals surface area contributed by atoms with Gasteiger partial charge in [0.05, 0.1) is 27.9 Å². The van der Waals surface area contributed by atoms with Gasteiger partial charge in [-0.3, -0.25) is 8.60 Å². The molecule has 0 bridgehead atoms. The van der Waals surface area contributed by atoms with Gasteiger partial charge < -0.3 is 5.73 Å². The first kappa shape index (κ1) is 14.0. The molecular weight excluding hydrogens is 258 g/mol. The van der Waals surface area contributed by atoms with E-state index >= 15 is 0 Å². The van der Waals surface area contributed by atoms with Crippen molar-refractivity contribution in [3.8, 4) is 0 Å². The van der Waals surface area contributed by atoms with Gasteiger partial charge in [-0.2, -0.15) is 13.2 Å². The fourth-order valence-corrected chi connectivity index (χ4v) is 2.36. The molecular formula is C10H11F4NOS. The Balaban J connectivity index is 2.94. The normalized spacial score (nSPS) is 13.6. The summed E-state index contributed by atoms with van der Waals surface area (Å²) in [6, 6.07) is 2.63. The van der Waals surface area contributed by atoms with Crippen molar-refractivity contribution in [2.24, 2.45) is 0 Å². The molecule has 2 N–H and O–H groups in total. The highest BCUT2D eigenvalue weighted by molar-refractivity contribution is 7.85. The van der Waals surface area contributed by atoms with Crippen molar-refractivity contribution in [1.29, 1.82) is 0 Å².